The molecule has 2 N–H and O–H groups in total. The Bertz CT molecular complexity index is 361. The van der Waals surface area contributed by atoms with E-state index in [9.17, 15) is 0 Å². The van der Waals surface area contributed by atoms with Crippen LogP contribution < -0.4 is 10.5 Å². The monoisotopic (exact) mass is 249 g/mol. The zero-order valence-electron chi connectivity index (χ0n) is 11.3. The largest absolute Gasteiger partial charge is 0.491 e. The van der Waals surface area contributed by atoms with Crippen molar-refractivity contribution in [2.45, 2.75) is 44.8 Å². The van der Waals surface area contributed by atoms with Crippen molar-refractivity contribution in [2.75, 3.05) is 13.2 Å². The van der Waals surface area contributed by atoms with Gasteiger partial charge in [0, 0.05) is 6.54 Å². The van der Waals surface area contributed by atoms with Crippen LogP contribution in [0.15, 0.2) is 24.3 Å². The molecule has 2 atom stereocenters. The lowest BCUT2D eigenvalue weighted by Gasteiger charge is -2.14. The third kappa shape index (κ3) is 3.47. The first-order valence-electron chi connectivity index (χ1n) is 6.77. The van der Waals surface area contributed by atoms with Crippen LogP contribution in [-0.2, 0) is 4.74 Å². The molecule has 0 amide bonds. The van der Waals surface area contributed by atoms with Gasteiger partial charge >= 0.3 is 0 Å². The highest BCUT2D eigenvalue weighted by Crippen LogP contribution is 2.22. The van der Waals surface area contributed by atoms with Gasteiger partial charge in [0.25, 0.3) is 0 Å². The lowest BCUT2D eigenvalue weighted by molar-refractivity contribution is 0.0222. The topological polar surface area (TPSA) is 44.5 Å². The summed E-state index contributed by atoms with van der Waals surface area (Å²) in [5, 5.41) is 0. The Morgan fingerprint density at radius 1 is 1.22 bits per heavy atom. The predicted octanol–water partition coefficient (Wildman–Crippen LogP) is 2.70. The Morgan fingerprint density at radius 2 is 1.89 bits per heavy atom. The fourth-order valence-corrected chi connectivity index (χ4v) is 2.21. The predicted molar refractivity (Wildman–Crippen MR) is 73.0 cm³/mol. The van der Waals surface area contributed by atoms with Crippen LogP contribution >= 0.6 is 0 Å². The van der Waals surface area contributed by atoms with Crippen molar-refractivity contribution in [3.05, 3.63) is 29.8 Å². The lowest BCUT2D eigenvalue weighted by Crippen LogP contribution is -2.23. The van der Waals surface area contributed by atoms with Gasteiger partial charge in [-0.2, -0.15) is 0 Å². The number of hydrogen-bond acceptors (Lipinski definition) is 3. The Balaban J connectivity index is 1.80. The van der Waals surface area contributed by atoms with E-state index in [1.807, 2.05) is 12.1 Å². The summed E-state index contributed by atoms with van der Waals surface area (Å²) >= 11 is 0. The summed E-state index contributed by atoms with van der Waals surface area (Å²) < 4.78 is 11.5. The number of benzene rings is 1. The molecule has 1 heterocycles. The molecule has 2 unspecified atom stereocenters. The first kappa shape index (κ1) is 13.4. The average molecular weight is 249 g/mol. The van der Waals surface area contributed by atoms with E-state index in [0.29, 0.717) is 19.1 Å². The van der Waals surface area contributed by atoms with Crippen LogP contribution in [0.25, 0.3) is 0 Å². The van der Waals surface area contributed by atoms with Crippen molar-refractivity contribution < 1.29 is 9.47 Å². The van der Waals surface area contributed by atoms with Crippen molar-refractivity contribution >= 4 is 0 Å². The van der Waals surface area contributed by atoms with Gasteiger partial charge in [0.2, 0.25) is 0 Å². The van der Waals surface area contributed by atoms with Gasteiger partial charge in [0.05, 0.1) is 12.2 Å². The smallest absolute Gasteiger partial charge is 0.119 e. The van der Waals surface area contributed by atoms with Crippen molar-refractivity contribution in [3.8, 4) is 5.75 Å². The van der Waals surface area contributed by atoms with E-state index in [1.54, 1.807) is 0 Å². The van der Waals surface area contributed by atoms with Crippen molar-refractivity contribution in [3.63, 3.8) is 0 Å². The van der Waals surface area contributed by atoms with Crippen molar-refractivity contribution in [2.24, 2.45) is 5.73 Å². The van der Waals surface area contributed by atoms with E-state index in [1.165, 1.54) is 5.56 Å². The normalized spacial score (nSPS) is 23.6. The van der Waals surface area contributed by atoms with Gasteiger partial charge in [-0.3, -0.25) is 0 Å². The Labute approximate surface area is 109 Å². The average Bonchev–Trinajstić information content (AvgIpc) is 2.85. The van der Waals surface area contributed by atoms with Crippen LogP contribution in [0, 0.1) is 0 Å². The molecule has 0 aliphatic carbocycles. The second kappa shape index (κ2) is 6.21. The fourth-order valence-electron chi connectivity index (χ4n) is 2.21. The summed E-state index contributed by atoms with van der Waals surface area (Å²) in [6.07, 6.45) is 2.52. The van der Waals surface area contributed by atoms with E-state index < -0.39 is 0 Å². The van der Waals surface area contributed by atoms with Crippen LogP contribution in [0.2, 0.25) is 0 Å². The molecule has 18 heavy (non-hydrogen) atoms. The molecule has 0 aromatic heterocycles. The van der Waals surface area contributed by atoms with Crippen LogP contribution in [0.1, 0.15) is 38.2 Å². The number of rotatable bonds is 5. The van der Waals surface area contributed by atoms with Crippen LogP contribution in [-0.4, -0.2) is 25.4 Å². The highest BCUT2D eigenvalue weighted by Gasteiger charge is 2.24. The number of nitrogens with two attached hydrogens (primary N) is 1. The van der Waals surface area contributed by atoms with Crippen LogP contribution in [0.3, 0.4) is 0 Å². The molecular formula is C15H23NO2. The lowest BCUT2D eigenvalue weighted by atomic mass is 10.0. The summed E-state index contributed by atoms with van der Waals surface area (Å²) in [7, 11) is 0. The molecule has 0 bridgehead atoms. The zero-order chi connectivity index (χ0) is 13.0. The third-order valence-electron chi connectivity index (χ3n) is 3.44. The first-order valence-corrected chi connectivity index (χ1v) is 6.77. The van der Waals surface area contributed by atoms with Gasteiger partial charge in [0.15, 0.2) is 0 Å². The third-order valence-corrected chi connectivity index (χ3v) is 3.44. The molecule has 100 valence electrons. The summed E-state index contributed by atoms with van der Waals surface area (Å²) in [5.41, 5.74) is 6.92. The molecule has 3 heteroatoms. The van der Waals surface area contributed by atoms with Crippen molar-refractivity contribution in [1.29, 1.82) is 0 Å². The zero-order valence-corrected chi connectivity index (χ0v) is 11.3. The summed E-state index contributed by atoms with van der Waals surface area (Å²) in [6.45, 7) is 5.61. The van der Waals surface area contributed by atoms with Gasteiger partial charge in [-0.15, -0.1) is 0 Å². The molecule has 1 aromatic carbocycles. The first-order chi connectivity index (χ1) is 8.69. The molecule has 1 fully saturated rings. The second-order valence-electron chi connectivity index (χ2n) is 5.23. The molecular weight excluding hydrogens is 226 g/mol. The van der Waals surface area contributed by atoms with E-state index in [4.69, 9.17) is 15.2 Å². The highest BCUT2D eigenvalue weighted by atomic mass is 16.5. The Morgan fingerprint density at radius 3 is 2.44 bits per heavy atom. The van der Waals surface area contributed by atoms with Crippen LogP contribution in [0.4, 0.5) is 0 Å². The minimum Gasteiger partial charge on any atom is -0.491 e. The number of ether oxygens (including phenoxy) is 2. The maximum absolute atomic E-state index is 5.75. The molecule has 0 spiro atoms. The Hall–Kier alpha value is -1.06. The SMILES string of the molecule is CC(C)c1ccc(OCC2CCC(CN)O2)cc1. The van der Waals surface area contributed by atoms with E-state index in [0.717, 1.165) is 18.6 Å². The quantitative estimate of drug-likeness (QED) is 0.872. The maximum Gasteiger partial charge on any atom is 0.119 e. The highest BCUT2D eigenvalue weighted by molar-refractivity contribution is 5.28. The minimum atomic E-state index is 0.198. The summed E-state index contributed by atoms with van der Waals surface area (Å²) in [4.78, 5) is 0. The van der Waals surface area contributed by atoms with E-state index >= 15 is 0 Å². The van der Waals surface area contributed by atoms with Gasteiger partial charge in [-0.1, -0.05) is 26.0 Å². The summed E-state index contributed by atoms with van der Waals surface area (Å²) in [6, 6.07) is 8.31. The maximum atomic E-state index is 5.75. The molecule has 1 saturated heterocycles. The van der Waals surface area contributed by atoms with Crippen molar-refractivity contribution in [1.82, 2.24) is 0 Å². The van der Waals surface area contributed by atoms with Gasteiger partial charge < -0.3 is 15.2 Å². The van der Waals surface area contributed by atoms with E-state index in [-0.39, 0.29) is 12.2 Å². The van der Waals surface area contributed by atoms with Crippen LogP contribution in [0.5, 0.6) is 5.75 Å². The molecule has 2 rings (SSSR count). The van der Waals surface area contributed by atoms with Gasteiger partial charge in [0.1, 0.15) is 12.4 Å². The molecule has 0 radical (unpaired) electrons. The van der Waals surface area contributed by atoms with E-state index in [2.05, 4.69) is 26.0 Å². The molecule has 1 aromatic rings. The fraction of sp³-hybridized carbons (Fsp3) is 0.600. The molecule has 3 nitrogen and oxygen atoms in total. The standard InChI is InChI=1S/C15H23NO2/c1-11(2)12-3-5-13(6-4-12)17-10-15-8-7-14(9-16)18-15/h3-6,11,14-15H,7-10,16H2,1-2H3. The molecule has 1 aliphatic heterocycles. The molecule has 1 aliphatic rings. The minimum absolute atomic E-state index is 0.198. The number of hydrogen-bond donors (Lipinski definition) is 1. The molecule has 0 saturated carbocycles. The van der Waals surface area contributed by atoms with Gasteiger partial charge in [-0.25, -0.2) is 0 Å². The van der Waals surface area contributed by atoms with Gasteiger partial charge in [-0.05, 0) is 36.5 Å². The summed E-state index contributed by atoms with van der Waals surface area (Å²) in [5.74, 6) is 1.47. The second-order valence-corrected chi connectivity index (χ2v) is 5.23. The Kier molecular flexibility index (Phi) is 4.61.